The first-order valence-corrected chi connectivity index (χ1v) is 8.96. The van der Waals surface area contributed by atoms with Gasteiger partial charge in [-0.2, -0.15) is 0 Å². The maximum absolute atomic E-state index is 5.66. The summed E-state index contributed by atoms with van der Waals surface area (Å²) in [7, 11) is 1.81. The molecule has 1 atom stereocenters. The second-order valence-corrected chi connectivity index (χ2v) is 7.33. The first-order valence-electron chi connectivity index (χ1n) is 8.96. The lowest BCUT2D eigenvalue weighted by molar-refractivity contribution is 0.215. The van der Waals surface area contributed by atoms with E-state index in [9.17, 15) is 0 Å². The lowest BCUT2D eigenvalue weighted by Gasteiger charge is -2.27. The van der Waals surface area contributed by atoms with Crippen LogP contribution in [0, 0.1) is 0 Å². The summed E-state index contributed by atoms with van der Waals surface area (Å²) in [6.07, 6.45) is 4.29. The van der Waals surface area contributed by atoms with Gasteiger partial charge in [0.2, 0.25) is 0 Å². The van der Waals surface area contributed by atoms with Gasteiger partial charge in [-0.15, -0.1) is 0 Å². The number of furan rings is 1. The highest BCUT2D eigenvalue weighted by Gasteiger charge is 2.25. The maximum atomic E-state index is 5.66. The lowest BCUT2D eigenvalue weighted by Crippen LogP contribution is -2.46. The Kier molecular flexibility index (Phi) is 7.12. The summed E-state index contributed by atoms with van der Waals surface area (Å²) in [4.78, 5) is 6.81. The molecule has 1 aliphatic rings. The molecule has 6 nitrogen and oxygen atoms in total. The van der Waals surface area contributed by atoms with Gasteiger partial charge in [0, 0.05) is 32.2 Å². The van der Waals surface area contributed by atoms with E-state index in [1.54, 1.807) is 6.26 Å². The number of rotatable bonds is 7. The number of guanidine groups is 1. The highest BCUT2D eigenvalue weighted by molar-refractivity contribution is 5.79. The topological polar surface area (TPSA) is 64.8 Å². The van der Waals surface area contributed by atoms with Crippen molar-refractivity contribution in [3.63, 3.8) is 0 Å². The third-order valence-electron chi connectivity index (χ3n) is 4.21. The summed E-state index contributed by atoms with van der Waals surface area (Å²) in [5.41, 5.74) is 0.138. The molecule has 0 saturated carbocycles. The van der Waals surface area contributed by atoms with Crippen LogP contribution in [0.15, 0.2) is 27.8 Å². The molecule has 136 valence electrons. The summed E-state index contributed by atoms with van der Waals surface area (Å²) in [5.74, 6) is 1.86. The molecule has 1 aromatic heterocycles. The quantitative estimate of drug-likeness (QED) is 0.404. The molecule has 24 heavy (non-hydrogen) atoms. The summed E-state index contributed by atoms with van der Waals surface area (Å²) in [6, 6.07) is 4.28. The first kappa shape index (κ1) is 18.8. The van der Waals surface area contributed by atoms with E-state index >= 15 is 0 Å². The zero-order valence-corrected chi connectivity index (χ0v) is 15.6. The van der Waals surface area contributed by atoms with Crippen molar-refractivity contribution < 1.29 is 4.42 Å². The third-order valence-corrected chi connectivity index (χ3v) is 4.21. The van der Waals surface area contributed by atoms with Gasteiger partial charge in [-0.3, -0.25) is 9.89 Å². The molecule has 0 aromatic carbocycles. The van der Waals surface area contributed by atoms with Gasteiger partial charge in [0.05, 0.1) is 12.3 Å². The summed E-state index contributed by atoms with van der Waals surface area (Å²) < 4.78 is 5.66. The number of nitrogens with one attached hydrogen (secondary N) is 3. The Hall–Kier alpha value is -1.53. The normalized spacial score (nSPS) is 17.9. The van der Waals surface area contributed by atoms with Crippen LogP contribution in [0.4, 0.5) is 0 Å². The standard InChI is InChI=1S/C18H33N5O/c1-18(2,3)22-10-9-20-17(19-4)21-14-15(16-8-7-13-24-16)23-11-5-6-12-23/h7-8,13,15,22H,5-6,9-12,14H2,1-4H3,(H2,19,20,21). The van der Waals surface area contributed by atoms with E-state index in [0.717, 1.165) is 44.4 Å². The molecule has 1 fully saturated rings. The van der Waals surface area contributed by atoms with Crippen molar-refractivity contribution in [1.29, 1.82) is 0 Å². The fraction of sp³-hybridized carbons (Fsp3) is 0.722. The lowest BCUT2D eigenvalue weighted by atomic mass is 10.1. The summed E-state index contributed by atoms with van der Waals surface area (Å²) >= 11 is 0. The average Bonchev–Trinajstić information content (AvgIpc) is 3.22. The van der Waals surface area contributed by atoms with Crippen LogP contribution in [0.25, 0.3) is 0 Å². The second-order valence-electron chi connectivity index (χ2n) is 7.33. The van der Waals surface area contributed by atoms with E-state index in [-0.39, 0.29) is 11.6 Å². The molecule has 2 rings (SSSR count). The molecule has 1 aromatic rings. The molecule has 1 saturated heterocycles. The van der Waals surface area contributed by atoms with Gasteiger partial charge in [0.1, 0.15) is 5.76 Å². The number of hydrogen-bond acceptors (Lipinski definition) is 4. The monoisotopic (exact) mass is 335 g/mol. The fourth-order valence-electron chi connectivity index (χ4n) is 2.98. The molecule has 1 unspecified atom stereocenters. The van der Waals surface area contributed by atoms with Crippen LogP contribution in [0.5, 0.6) is 0 Å². The van der Waals surface area contributed by atoms with Gasteiger partial charge in [-0.05, 0) is 58.8 Å². The fourth-order valence-corrected chi connectivity index (χ4v) is 2.98. The molecule has 3 N–H and O–H groups in total. The summed E-state index contributed by atoms with van der Waals surface area (Å²) in [5, 5.41) is 10.3. The maximum Gasteiger partial charge on any atom is 0.191 e. The number of hydrogen-bond donors (Lipinski definition) is 3. The molecule has 2 heterocycles. The van der Waals surface area contributed by atoms with Crippen LogP contribution < -0.4 is 16.0 Å². The van der Waals surface area contributed by atoms with E-state index in [2.05, 4.69) is 52.7 Å². The minimum Gasteiger partial charge on any atom is -0.468 e. The van der Waals surface area contributed by atoms with Gasteiger partial charge < -0.3 is 20.4 Å². The van der Waals surface area contributed by atoms with Crippen molar-refractivity contribution in [2.24, 2.45) is 4.99 Å². The van der Waals surface area contributed by atoms with Gasteiger partial charge in [0.25, 0.3) is 0 Å². The van der Waals surface area contributed by atoms with Crippen LogP contribution in [-0.4, -0.2) is 56.2 Å². The molecule has 0 amide bonds. The Morgan fingerprint density at radius 3 is 2.58 bits per heavy atom. The van der Waals surface area contributed by atoms with Gasteiger partial charge >= 0.3 is 0 Å². The Balaban J connectivity index is 1.81. The molecule has 0 aliphatic carbocycles. The van der Waals surface area contributed by atoms with Gasteiger partial charge in [-0.25, -0.2) is 0 Å². The van der Waals surface area contributed by atoms with Crippen LogP contribution in [0.2, 0.25) is 0 Å². The molecule has 1 aliphatic heterocycles. The van der Waals surface area contributed by atoms with Crippen LogP contribution in [0.3, 0.4) is 0 Å². The van der Waals surface area contributed by atoms with Crippen molar-refractivity contribution in [3.05, 3.63) is 24.2 Å². The molecular formula is C18H33N5O. The number of likely N-dealkylation sites (tertiary alicyclic amines) is 1. The number of aliphatic imine (C=N–C) groups is 1. The second kappa shape index (κ2) is 9.08. The Labute approximate surface area is 146 Å². The molecule has 0 radical (unpaired) electrons. The SMILES string of the molecule is CN=C(NCCNC(C)(C)C)NCC(c1ccco1)N1CCCC1. The highest BCUT2D eigenvalue weighted by Crippen LogP contribution is 2.24. The first-order chi connectivity index (χ1) is 11.5. The predicted molar refractivity (Wildman–Crippen MR) is 99.4 cm³/mol. The zero-order chi connectivity index (χ0) is 17.4. The minimum atomic E-state index is 0.138. The largest absolute Gasteiger partial charge is 0.468 e. The van der Waals surface area contributed by atoms with E-state index in [1.165, 1.54) is 12.8 Å². The highest BCUT2D eigenvalue weighted by atomic mass is 16.3. The van der Waals surface area contributed by atoms with E-state index in [4.69, 9.17) is 4.42 Å². The predicted octanol–water partition coefficient (Wildman–Crippen LogP) is 1.97. The van der Waals surface area contributed by atoms with E-state index in [0.29, 0.717) is 0 Å². The number of nitrogens with zero attached hydrogens (tertiary/aromatic N) is 2. The Morgan fingerprint density at radius 1 is 1.25 bits per heavy atom. The van der Waals surface area contributed by atoms with E-state index in [1.807, 2.05) is 13.1 Å². The molecular weight excluding hydrogens is 302 g/mol. The Morgan fingerprint density at radius 2 is 2.00 bits per heavy atom. The Bertz CT molecular complexity index is 486. The smallest absolute Gasteiger partial charge is 0.191 e. The minimum absolute atomic E-state index is 0.138. The van der Waals surface area contributed by atoms with Crippen molar-refractivity contribution >= 4 is 5.96 Å². The molecule has 0 bridgehead atoms. The van der Waals surface area contributed by atoms with Gasteiger partial charge in [-0.1, -0.05) is 0 Å². The summed E-state index contributed by atoms with van der Waals surface area (Å²) in [6.45, 7) is 11.3. The van der Waals surface area contributed by atoms with Crippen molar-refractivity contribution in [1.82, 2.24) is 20.9 Å². The molecule has 0 spiro atoms. The third kappa shape index (κ3) is 6.17. The van der Waals surface area contributed by atoms with Gasteiger partial charge in [0.15, 0.2) is 5.96 Å². The average molecular weight is 335 g/mol. The van der Waals surface area contributed by atoms with Crippen LogP contribution in [-0.2, 0) is 0 Å². The van der Waals surface area contributed by atoms with Crippen LogP contribution in [0.1, 0.15) is 45.4 Å². The van der Waals surface area contributed by atoms with Crippen molar-refractivity contribution in [3.8, 4) is 0 Å². The van der Waals surface area contributed by atoms with E-state index < -0.39 is 0 Å². The van der Waals surface area contributed by atoms with Crippen LogP contribution >= 0.6 is 0 Å². The van der Waals surface area contributed by atoms with Crippen molar-refractivity contribution in [2.75, 3.05) is 39.8 Å². The van der Waals surface area contributed by atoms with Crippen molar-refractivity contribution in [2.45, 2.75) is 45.2 Å². The zero-order valence-electron chi connectivity index (χ0n) is 15.6. The molecule has 6 heteroatoms.